The molecule has 0 aliphatic carbocycles. The monoisotopic (exact) mass is 573 g/mol. The summed E-state index contributed by atoms with van der Waals surface area (Å²) in [6, 6.07) is 4.01. The van der Waals surface area contributed by atoms with Crippen molar-refractivity contribution in [2.45, 2.75) is 64.5 Å². The molecule has 0 radical (unpaired) electrons. The van der Waals surface area contributed by atoms with Crippen molar-refractivity contribution in [2.24, 2.45) is 4.99 Å². The van der Waals surface area contributed by atoms with E-state index in [2.05, 4.69) is 15.6 Å². The first-order chi connectivity index (χ1) is 14.5. The van der Waals surface area contributed by atoms with Gasteiger partial charge in [-0.3, -0.25) is 0 Å². The normalized spacial score (nSPS) is 16.8. The number of benzene rings is 1. The van der Waals surface area contributed by atoms with Crippen LogP contribution in [0.5, 0.6) is 5.75 Å². The highest BCUT2D eigenvalue weighted by Gasteiger charge is 2.34. The lowest BCUT2D eigenvalue weighted by Gasteiger charge is -2.36. The van der Waals surface area contributed by atoms with Gasteiger partial charge in [0.15, 0.2) is 5.96 Å². The van der Waals surface area contributed by atoms with Crippen LogP contribution >= 0.6 is 24.0 Å². The summed E-state index contributed by atoms with van der Waals surface area (Å²) in [5.41, 5.74) is -1.63. The zero-order valence-electron chi connectivity index (χ0n) is 19.4. The summed E-state index contributed by atoms with van der Waals surface area (Å²) in [6.45, 7) is 9.44. The maximum absolute atomic E-state index is 13.7. The Hall–Kier alpha value is -1.27. The van der Waals surface area contributed by atoms with Crippen molar-refractivity contribution in [3.8, 4) is 5.75 Å². The van der Waals surface area contributed by atoms with Gasteiger partial charge in [0.05, 0.1) is 17.7 Å². The fraction of sp³-hybridized carbons (Fsp3) is 0.682. The van der Waals surface area contributed by atoms with Gasteiger partial charge in [-0.2, -0.15) is 13.2 Å². The Morgan fingerprint density at radius 1 is 1.16 bits per heavy atom. The van der Waals surface area contributed by atoms with Crippen LogP contribution in [-0.4, -0.2) is 50.6 Å². The van der Waals surface area contributed by atoms with E-state index in [9.17, 15) is 13.2 Å². The topological polar surface area (TPSA) is 64.1 Å². The number of methoxy groups -OCH3 is 1. The summed E-state index contributed by atoms with van der Waals surface area (Å²) in [6.07, 6.45) is -3.02. The highest BCUT2D eigenvalue weighted by atomic mass is 127. The Kier molecular flexibility index (Phi) is 11.0. The van der Waals surface area contributed by atoms with Gasteiger partial charge >= 0.3 is 6.18 Å². The molecule has 1 saturated heterocycles. The van der Waals surface area contributed by atoms with Gasteiger partial charge in [-0.25, -0.2) is 4.99 Å². The van der Waals surface area contributed by atoms with Crippen LogP contribution in [0.4, 0.5) is 13.2 Å². The third-order valence-corrected chi connectivity index (χ3v) is 4.98. The molecule has 1 fully saturated rings. The third kappa shape index (κ3) is 8.93. The molecule has 10 heteroatoms. The van der Waals surface area contributed by atoms with E-state index in [4.69, 9.17) is 14.2 Å². The largest absolute Gasteiger partial charge is 0.488 e. The van der Waals surface area contributed by atoms with E-state index >= 15 is 0 Å². The average molecular weight is 573 g/mol. The Balaban J connectivity index is 0.00000512. The molecule has 1 aromatic carbocycles. The number of guanidine groups is 1. The standard InChI is InChI=1S/C22H34F3N3O3.HI/c1-6-26-19(28-15-21(29-5)9-11-30-12-10-21)27-14-16-7-8-17(31-20(2,3)4)13-18(16)22(23,24)25;/h7-8,13H,6,9-12,14-15H2,1-5H3,(H2,26,27,28);1H. The van der Waals surface area contributed by atoms with Crippen LogP contribution in [0.1, 0.15) is 51.7 Å². The molecule has 0 unspecified atom stereocenters. The van der Waals surface area contributed by atoms with Gasteiger partial charge in [-0.15, -0.1) is 24.0 Å². The maximum atomic E-state index is 13.7. The molecule has 0 amide bonds. The van der Waals surface area contributed by atoms with Gasteiger partial charge in [-0.1, -0.05) is 6.07 Å². The van der Waals surface area contributed by atoms with Crippen molar-refractivity contribution in [3.63, 3.8) is 0 Å². The van der Waals surface area contributed by atoms with E-state index in [1.165, 1.54) is 6.07 Å². The highest BCUT2D eigenvalue weighted by Crippen LogP contribution is 2.35. The predicted molar refractivity (Wildman–Crippen MR) is 130 cm³/mol. The van der Waals surface area contributed by atoms with Gasteiger partial charge < -0.3 is 24.8 Å². The summed E-state index contributed by atoms with van der Waals surface area (Å²) >= 11 is 0. The molecular formula is C22H35F3IN3O3. The summed E-state index contributed by atoms with van der Waals surface area (Å²) < 4.78 is 57.7. The van der Waals surface area contributed by atoms with E-state index in [0.717, 1.165) is 18.9 Å². The molecule has 32 heavy (non-hydrogen) atoms. The minimum absolute atomic E-state index is 0. The van der Waals surface area contributed by atoms with E-state index in [-0.39, 0.29) is 47.4 Å². The number of nitrogens with zero attached hydrogens (tertiary/aromatic N) is 1. The van der Waals surface area contributed by atoms with Gasteiger partial charge in [-0.05, 0) is 45.4 Å². The zero-order chi connectivity index (χ0) is 23.1. The molecule has 1 aliphatic heterocycles. The summed E-state index contributed by atoms with van der Waals surface area (Å²) in [5.74, 6) is 0.618. The molecule has 2 N–H and O–H groups in total. The molecule has 1 aromatic rings. The molecule has 0 atom stereocenters. The van der Waals surface area contributed by atoms with Crippen molar-refractivity contribution in [1.29, 1.82) is 0 Å². The lowest BCUT2D eigenvalue weighted by atomic mass is 9.94. The SMILES string of the molecule is CCNC(=NCc1ccc(OC(C)(C)C)cc1C(F)(F)F)NCC1(OC)CCOCC1.I. The quantitative estimate of drug-likeness (QED) is 0.280. The van der Waals surface area contributed by atoms with Gasteiger partial charge in [0.1, 0.15) is 11.4 Å². The number of rotatable bonds is 7. The van der Waals surface area contributed by atoms with Crippen LogP contribution in [0, 0.1) is 0 Å². The highest BCUT2D eigenvalue weighted by molar-refractivity contribution is 14.0. The van der Waals surface area contributed by atoms with E-state index < -0.39 is 17.3 Å². The summed E-state index contributed by atoms with van der Waals surface area (Å²) in [4.78, 5) is 4.38. The van der Waals surface area contributed by atoms with Crippen LogP contribution in [0.3, 0.4) is 0 Å². The second kappa shape index (κ2) is 12.3. The van der Waals surface area contributed by atoms with Gasteiger partial charge in [0, 0.05) is 46.3 Å². The number of nitrogens with one attached hydrogen (secondary N) is 2. The molecular weight excluding hydrogens is 538 g/mol. The Bertz CT molecular complexity index is 746. The smallest absolute Gasteiger partial charge is 0.416 e. The lowest BCUT2D eigenvalue weighted by molar-refractivity contribution is -0.138. The van der Waals surface area contributed by atoms with Crippen LogP contribution in [0.25, 0.3) is 0 Å². The van der Waals surface area contributed by atoms with Crippen molar-refractivity contribution >= 4 is 29.9 Å². The fourth-order valence-electron chi connectivity index (χ4n) is 3.32. The Labute approximate surface area is 205 Å². The van der Waals surface area contributed by atoms with Crippen LogP contribution in [0.15, 0.2) is 23.2 Å². The molecule has 0 aromatic heterocycles. The van der Waals surface area contributed by atoms with Crippen LogP contribution in [0.2, 0.25) is 0 Å². The second-order valence-corrected chi connectivity index (χ2v) is 8.58. The molecule has 0 saturated carbocycles. The molecule has 2 rings (SSSR count). The van der Waals surface area contributed by atoms with Crippen molar-refractivity contribution in [3.05, 3.63) is 29.3 Å². The molecule has 1 aliphatic rings. The maximum Gasteiger partial charge on any atom is 0.416 e. The van der Waals surface area contributed by atoms with Crippen molar-refractivity contribution < 1.29 is 27.4 Å². The molecule has 1 heterocycles. The molecule has 184 valence electrons. The average Bonchev–Trinajstić information content (AvgIpc) is 2.69. The van der Waals surface area contributed by atoms with E-state index in [1.807, 2.05) is 6.92 Å². The number of ether oxygens (including phenoxy) is 3. The zero-order valence-corrected chi connectivity index (χ0v) is 21.7. The third-order valence-electron chi connectivity index (χ3n) is 4.98. The Morgan fingerprint density at radius 2 is 1.81 bits per heavy atom. The molecule has 0 bridgehead atoms. The van der Waals surface area contributed by atoms with Crippen LogP contribution < -0.4 is 15.4 Å². The minimum Gasteiger partial charge on any atom is -0.488 e. The van der Waals surface area contributed by atoms with Crippen molar-refractivity contribution in [2.75, 3.05) is 33.4 Å². The summed E-state index contributed by atoms with van der Waals surface area (Å²) in [5, 5.41) is 6.29. The number of halogens is 4. The summed E-state index contributed by atoms with van der Waals surface area (Å²) in [7, 11) is 1.66. The van der Waals surface area contributed by atoms with Crippen molar-refractivity contribution in [1.82, 2.24) is 10.6 Å². The fourth-order valence-corrected chi connectivity index (χ4v) is 3.32. The first-order valence-corrected chi connectivity index (χ1v) is 10.5. The van der Waals surface area contributed by atoms with E-state index in [1.54, 1.807) is 33.9 Å². The van der Waals surface area contributed by atoms with Gasteiger partial charge in [0.25, 0.3) is 0 Å². The molecule has 0 spiro atoms. The second-order valence-electron chi connectivity index (χ2n) is 8.58. The number of hydrogen-bond acceptors (Lipinski definition) is 4. The van der Waals surface area contributed by atoms with Crippen LogP contribution in [-0.2, 0) is 22.2 Å². The van der Waals surface area contributed by atoms with Gasteiger partial charge in [0.2, 0.25) is 0 Å². The lowest BCUT2D eigenvalue weighted by Crippen LogP contribution is -2.50. The molecule has 6 nitrogen and oxygen atoms in total. The minimum atomic E-state index is -4.50. The number of hydrogen-bond donors (Lipinski definition) is 2. The first-order valence-electron chi connectivity index (χ1n) is 10.5. The Morgan fingerprint density at radius 3 is 2.34 bits per heavy atom. The number of aliphatic imine (C=N–C) groups is 1. The predicted octanol–water partition coefficient (Wildman–Crippen LogP) is 4.75. The van der Waals surface area contributed by atoms with E-state index in [0.29, 0.717) is 32.3 Å². The number of alkyl halides is 3. The first kappa shape index (κ1) is 28.8.